The summed E-state index contributed by atoms with van der Waals surface area (Å²) < 4.78 is 0. The van der Waals surface area contributed by atoms with Gasteiger partial charge < -0.3 is 10.2 Å². The van der Waals surface area contributed by atoms with Gasteiger partial charge in [-0.1, -0.05) is 0 Å². The summed E-state index contributed by atoms with van der Waals surface area (Å²) in [7, 11) is 0. The number of nitrogens with zero attached hydrogens (tertiary/aromatic N) is 1. The van der Waals surface area contributed by atoms with Crippen LogP contribution in [0.1, 0.15) is 0 Å². The lowest BCUT2D eigenvalue weighted by Crippen LogP contribution is -2.58. The fourth-order valence-corrected chi connectivity index (χ4v) is 1.12. The van der Waals surface area contributed by atoms with Crippen molar-refractivity contribution in [3.63, 3.8) is 0 Å². The van der Waals surface area contributed by atoms with Gasteiger partial charge in [0.15, 0.2) is 6.23 Å². The van der Waals surface area contributed by atoms with Crippen molar-refractivity contribution >= 4 is 17.0 Å². The number of hydrogen-bond acceptors (Lipinski definition) is 4. The zero-order valence-electron chi connectivity index (χ0n) is 5.70. The molecule has 0 spiro atoms. The van der Waals surface area contributed by atoms with Gasteiger partial charge in [0.1, 0.15) is 6.23 Å². The fourth-order valence-electron chi connectivity index (χ4n) is 0.933. The fraction of sp³-hybridized carbons (Fsp3) is 0.800. The number of rotatable bonds is 0. The largest absolute Gasteiger partial charge is 0.374 e. The van der Waals surface area contributed by atoms with E-state index < -0.39 is 17.8 Å². The van der Waals surface area contributed by atoms with E-state index in [0.717, 1.165) is 4.90 Å². The minimum absolute atomic E-state index is 0.306. The van der Waals surface area contributed by atoms with E-state index in [1.54, 1.807) is 0 Å². The first-order chi connectivity index (χ1) is 5.13. The van der Waals surface area contributed by atoms with Crippen LogP contribution in [0.3, 0.4) is 0 Å². The van der Waals surface area contributed by atoms with Crippen LogP contribution < -0.4 is 5.32 Å². The van der Waals surface area contributed by atoms with Gasteiger partial charge >= 0.3 is 5.37 Å². The lowest BCUT2D eigenvalue weighted by atomic mass is 10.3. The van der Waals surface area contributed by atoms with Crippen molar-refractivity contribution in [3.05, 3.63) is 0 Å². The highest BCUT2D eigenvalue weighted by molar-refractivity contribution is 6.62. The number of amides is 1. The van der Waals surface area contributed by atoms with Gasteiger partial charge in [-0.05, 0) is 11.6 Å². The average molecular weight is 181 g/mol. The number of aliphatic hydroxyl groups excluding tert-OH is 2. The highest BCUT2D eigenvalue weighted by atomic mass is 35.5. The van der Waals surface area contributed by atoms with E-state index in [4.69, 9.17) is 21.8 Å². The number of piperazine rings is 1. The van der Waals surface area contributed by atoms with Crippen LogP contribution in [0, 0.1) is 0 Å². The Labute approximate surface area is 68.6 Å². The first-order valence-corrected chi connectivity index (χ1v) is 3.56. The number of hydrogen-bond donors (Lipinski definition) is 3. The highest BCUT2D eigenvalue weighted by Crippen LogP contribution is 2.07. The van der Waals surface area contributed by atoms with E-state index in [9.17, 15) is 4.79 Å². The minimum Gasteiger partial charge on any atom is -0.374 e. The molecule has 5 nitrogen and oxygen atoms in total. The van der Waals surface area contributed by atoms with Gasteiger partial charge in [-0.2, -0.15) is 0 Å². The first-order valence-electron chi connectivity index (χ1n) is 3.18. The molecule has 64 valence electrons. The van der Waals surface area contributed by atoms with Crippen molar-refractivity contribution in [2.75, 3.05) is 13.1 Å². The Morgan fingerprint density at radius 3 is 2.73 bits per heavy atom. The quantitative estimate of drug-likeness (QED) is 0.327. The van der Waals surface area contributed by atoms with Crippen LogP contribution in [-0.4, -0.2) is 46.0 Å². The summed E-state index contributed by atoms with van der Waals surface area (Å²) in [5.41, 5.74) is 0. The molecule has 3 N–H and O–H groups in total. The summed E-state index contributed by atoms with van der Waals surface area (Å²) >= 11 is 5.10. The Morgan fingerprint density at radius 2 is 2.27 bits per heavy atom. The molecule has 2 unspecified atom stereocenters. The maximum atomic E-state index is 10.5. The number of carbonyl (C=O) groups is 1. The third kappa shape index (κ3) is 1.81. The topological polar surface area (TPSA) is 72.8 Å². The summed E-state index contributed by atoms with van der Waals surface area (Å²) in [5.74, 6) is 0. The predicted molar refractivity (Wildman–Crippen MR) is 38.0 cm³/mol. The van der Waals surface area contributed by atoms with Crippen LogP contribution in [0.25, 0.3) is 0 Å². The molecule has 1 heterocycles. The van der Waals surface area contributed by atoms with E-state index in [1.807, 2.05) is 0 Å². The maximum Gasteiger partial charge on any atom is 0.318 e. The molecule has 1 amide bonds. The Balaban J connectivity index is 2.58. The number of carbonyl (C=O) groups excluding carboxylic acids is 1. The second-order valence-corrected chi connectivity index (χ2v) is 2.58. The molecule has 0 aromatic rings. The SMILES string of the molecule is O=C(Cl)N1CCNC(O)C1O. The van der Waals surface area contributed by atoms with Gasteiger partial charge in [-0.25, -0.2) is 0 Å². The Morgan fingerprint density at radius 1 is 1.64 bits per heavy atom. The van der Waals surface area contributed by atoms with Crippen LogP contribution in [0.2, 0.25) is 0 Å². The van der Waals surface area contributed by atoms with Crippen molar-refractivity contribution in [2.24, 2.45) is 0 Å². The van der Waals surface area contributed by atoms with E-state index >= 15 is 0 Å². The molecule has 1 fully saturated rings. The molecule has 6 heteroatoms. The van der Waals surface area contributed by atoms with Crippen molar-refractivity contribution in [1.29, 1.82) is 0 Å². The molecule has 1 rings (SSSR count). The average Bonchev–Trinajstić information content (AvgIpc) is 1.94. The van der Waals surface area contributed by atoms with Crippen molar-refractivity contribution < 1.29 is 15.0 Å². The lowest BCUT2D eigenvalue weighted by Gasteiger charge is -2.34. The molecule has 0 bridgehead atoms. The molecule has 1 aliphatic heterocycles. The van der Waals surface area contributed by atoms with Crippen LogP contribution in [0.4, 0.5) is 4.79 Å². The summed E-state index contributed by atoms with van der Waals surface area (Å²) in [6, 6.07) is 0. The van der Waals surface area contributed by atoms with Crippen LogP contribution in [0.15, 0.2) is 0 Å². The Bertz CT molecular complexity index is 166. The highest BCUT2D eigenvalue weighted by Gasteiger charge is 2.30. The van der Waals surface area contributed by atoms with Gasteiger partial charge in [0.25, 0.3) is 0 Å². The molecule has 0 aliphatic carbocycles. The summed E-state index contributed by atoms with van der Waals surface area (Å²) in [4.78, 5) is 11.5. The number of nitrogens with one attached hydrogen (secondary N) is 1. The molecule has 0 saturated carbocycles. The lowest BCUT2D eigenvalue weighted by molar-refractivity contribution is -0.0920. The Kier molecular flexibility index (Phi) is 2.67. The number of halogens is 1. The molecule has 11 heavy (non-hydrogen) atoms. The van der Waals surface area contributed by atoms with Gasteiger partial charge in [0.05, 0.1) is 0 Å². The van der Waals surface area contributed by atoms with Crippen molar-refractivity contribution in [2.45, 2.75) is 12.5 Å². The first kappa shape index (κ1) is 8.73. The second kappa shape index (κ2) is 3.36. The zero-order chi connectivity index (χ0) is 8.43. The molecule has 0 radical (unpaired) electrons. The van der Waals surface area contributed by atoms with E-state index in [1.165, 1.54) is 0 Å². The van der Waals surface area contributed by atoms with Gasteiger partial charge in [-0.15, -0.1) is 0 Å². The summed E-state index contributed by atoms with van der Waals surface area (Å²) in [6.45, 7) is 0.733. The van der Waals surface area contributed by atoms with Gasteiger partial charge in [-0.3, -0.25) is 15.0 Å². The molecular weight excluding hydrogens is 172 g/mol. The van der Waals surface area contributed by atoms with E-state index in [-0.39, 0.29) is 0 Å². The molecule has 1 saturated heterocycles. The minimum atomic E-state index is -1.24. The third-order valence-corrected chi connectivity index (χ3v) is 1.75. The maximum absolute atomic E-state index is 10.5. The molecule has 1 aliphatic rings. The smallest absolute Gasteiger partial charge is 0.318 e. The normalized spacial score (nSPS) is 32.1. The molecule has 0 aromatic carbocycles. The summed E-state index contributed by atoms with van der Waals surface area (Å²) in [6.07, 6.45) is -2.35. The van der Waals surface area contributed by atoms with Crippen molar-refractivity contribution in [1.82, 2.24) is 10.2 Å². The molecular formula is C5H9ClN2O3. The van der Waals surface area contributed by atoms with Crippen molar-refractivity contribution in [3.8, 4) is 0 Å². The van der Waals surface area contributed by atoms with E-state index in [0.29, 0.717) is 13.1 Å². The molecule has 0 aromatic heterocycles. The van der Waals surface area contributed by atoms with Crippen LogP contribution >= 0.6 is 11.6 Å². The molecule has 2 atom stereocenters. The Hall–Kier alpha value is -0.360. The third-order valence-electron chi connectivity index (χ3n) is 1.53. The number of aliphatic hydroxyl groups is 2. The summed E-state index contributed by atoms with van der Waals surface area (Å²) in [5, 5.41) is 19.9. The standard InChI is InChI=1S/C5H9ClN2O3/c6-5(11)8-2-1-7-3(9)4(8)10/h3-4,7,9-10H,1-2H2. The van der Waals surface area contributed by atoms with Gasteiger partial charge in [0, 0.05) is 13.1 Å². The van der Waals surface area contributed by atoms with Gasteiger partial charge in [0.2, 0.25) is 0 Å². The monoisotopic (exact) mass is 180 g/mol. The van der Waals surface area contributed by atoms with Crippen LogP contribution in [-0.2, 0) is 0 Å². The predicted octanol–water partition coefficient (Wildman–Crippen LogP) is -1.11. The van der Waals surface area contributed by atoms with Crippen LogP contribution in [0.5, 0.6) is 0 Å². The zero-order valence-corrected chi connectivity index (χ0v) is 6.45. The van der Waals surface area contributed by atoms with E-state index in [2.05, 4.69) is 5.32 Å². The second-order valence-electron chi connectivity index (χ2n) is 2.26.